The number of nitrogens with zero attached hydrogens (tertiary/aromatic N) is 1. The monoisotopic (exact) mass is 295 g/mol. The maximum absolute atomic E-state index is 12.4. The average molecular weight is 295 g/mol. The van der Waals surface area contributed by atoms with E-state index in [-0.39, 0.29) is 35.4 Å². The predicted octanol–water partition coefficient (Wildman–Crippen LogP) is 1.92. The summed E-state index contributed by atoms with van der Waals surface area (Å²) in [6.45, 7) is 0. The van der Waals surface area contributed by atoms with E-state index in [1.54, 1.807) is 6.08 Å². The lowest BCUT2D eigenvalue weighted by atomic mass is 9.73. The van der Waals surface area contributed by atoms with Crippen molar-refractivity contribution < 1.29 is 14.4 Å². The molecule has 4 atom stereocenters. The van der Waals surface area contributed by atoms with Gasteiger partial charge in [0.1, 0.15) is 0 Å². The van der Waals surface area contributed by atoms with E-state index in [0.717, 1.165) is 11.1 Å². The molecule has 2 aliphatic carbocycles. The Balaban J connectivity index is 1.74. The van der Waals surface area contributed by atoms with Crippen LogP contribution >= 0.6 is 0 Å². The molecule has 1 aromatic carbocycles. The van der Waals surface area contributed by atoms with E-state index in [2.05, 4.69) is 0 Å². The molecule has 112 valence electrons. The minimum atomic E-state index is -0.428. The number of rotatable bonds is 1. The lowest BCUT2D eigenvalue weighted by molar-refractivity contribution is -0.138. The van der Waals surface area contributed by atoms with Gasteiger partial charge in [-0.05, 0) is 29.4 Å². The number of hydrogen-bond acceptors (Lipinski definition) is 3. The molecule has 3 aliphatic rings. The average Bonchev–Trinajstić information content (AvgIpc) is 2.98. The van der Waals surface area contributed by atoms with Gasteiger partial charge in [-0.25, -0.2) is 0 Å². The van der Waals surface area contributed by atoms with Crippen LogP contribution in [-0.4, -0.2) is 29.5 Å². The number of amides is 2. The first-order valence-corrected chi connectivity index (χ1v) is 7.69. The Morgan fingerprint density at radius 3 is 2.41 bits per heavy atom. The SMILES string of the molecule is CN1C(=O)[C@H]2C=C3C(=O)C[C@@H](c4ccccc4)[C@@H]3C[C@H]2C1=O. The van der Waals surface area contributed by atoms with Gasteiger partial charge in [0.25, 0.3) is 0 Å². The first-order valence-electron chi connectivity index (χ1n) is 7.69. The van der Waals surface area contributed by atoms with Crippen molar-refractivity contribution in [1.82, 2.24) is 4.90 Å². The maximum Gasteiger partial charge on any atom is 0.236 e. The molecule has 1 saturated carbocycles. The highest BCUT2D eigenvalue weighted by Gasteiger charge is 2.52. The van der Waals surface area contributed by atoms with E-state index in [1.165, 1.54) is 11.9 Å². The van der Waals surface area contributed by atoms with E-state index >= 15 is 0 Å². The maximum atomic E-state index is 12.4. The van der Waals surface area contributed by atoms with Crippen molar-refractivity contribution in [3.8, 4) is 0 Å². The van der Waals surface area contributed by atoms with Crippen LogP contribution < -0.4 is 0 Å². The highest BCUT2D eigenvalue weighted by atomic mass is 16.2. The number of carbonyl (C=O) groups excluding carboxylic acids is 3. The van der Waals surface area contributed by atoms with Gasteiger partial charge in [-0.15, -0.1) is 0 Å². The second-order valence-corrected chi connectivity index (χ2v) is 6.48. The van der Waals surface area contributed by atoms with Crippen molar-refractivity contribution in [1.29, 1.82) is 0 Å². The molecule has 1 aromatic rings. The number of imide groups is 1. The van der Waals surface area contributed by atoms with Gasteiger partial charge in [0.2, 0.25) is 11.8 Å². The summed E-state index contributed by atoms with van der Waals surface area (Å²) < 4.78 is 0. The number of benzene rings is 1. The van der Waals surface area contributed by atoms with Gasteiger partial charge in [-0.2, -0.15) is 0 Å². The van der Waals surface area contributed by atoms with Gasteiger partial charge in [0, 0.05) is 13.5 Å². The van der Waals surface area contributed by atoms with Crippen molar-refractivity contribution in [3.05, 3.63) is 47.5 Å². The van der Waals surface area contributed by atoms with Crippen LogP contribution in [0.5, 0.6) is 0 Å². The summed E-state index contributed by atoms with van der Waals surface area (Å²) in [5, 5.41) is 0. The Labute approximate surface area is 128 Å². The second-order valence-electron chi connectivity index (χ2n) is 6.48. The molecule has 4 heteroatoms. The Morgan fingerprint density at radius 1 is 0.955 bits per heavy atom. The van der Waals surface area contributed by atoms with Crippen molar-refractivity contribution >= 4 is 17.6 Å². The zero-order valence-electron chi connectivity index (χ0n) is 12.4. The topological polar surface area (TPSA) is 54.5 Å². The lowest BCUT2D eigenvalue weighted by Gasteiger charge is -2.28. The smallest absolute Gasteiger partial charge is 0.236 e. The highest BCUT2D eigenvalue weighted by Crippen LogP contribution is 2.50. The third kappa shape index (κ3) is 1.73. The number of hydrogen-bond donors (Lipinski definition) is 0. The Bertz CT molecular complexity index is 706. The molecule has 0 spiro atoms. The van der Waals surface area contributed by atoms with Crippen LogP contribution in [-0.2, 0) is 14.4 Å². The summed E-state index contributed by atoms with van der Waals surface area (Å²) in [5.74, 6) is -0.653. The first kappa shape index (κ1) is 13.4. The molecule has 2 amide bonds. The number of likely N-dealkylation sites (tertiary alicyclic amines) is 1. The molecule has 1 saturated heterocycles. The zero-order valence-corrected chi connectivity index (χ0v) is 12.4. The van der Waals surface area contributed by atoms with Crippen LogP contribution in [0.3, 0.4) is 0 Å². The van der Waals surface area contributed by atoms with E-state index in [4.69, 9.17) is 0 Å². The molecule has 0 radical (unpaired) electrons. The van der Waals surface area contributed by atoms with Gasteiger partial charge in [-0.3, -0.25) is 19.3 Å². The fraction of sp³-hybridized carbons (Fsp3) is 0.389. The molecule has 0 N–H and O–H groups in total. The molecule has 22 heavy (non-hydrogen) atoms. The van der Waals surface area contributed by atoms with Crippen LogP contribution in [0, 0.1) is 17.8 Å². The van der Waals surface area contributed by atoms with Gasteiger partial charge in [0.15, 0.2) is 5.78 Å². The minimum Gasteiger partial charge on any atom is -0.295 e. The van der Waals surface area contributed by atoms with E-state index in [9.17, 15) is 14.4 Å². The molecular weight excluding hydrogens is 278 g/mol. The number of carbonyl (C=O) groups is 3. The third-order valence-electron chi connectivity index (χ3n) is 5.40. The molecule has 2 fully saturated rings. The summed E-state index contributed by atoms with van der Waals surface area (Å²) in [6.07, 6.45) is 2.88. The van der Waals surface area contributed by atoms with E-state index < -0.39 is 5.92 Å². The number of fused-ring (bicyclic) bond motifs is 2. The van der Waals surface area contributed by atoms with Gasteiger partial charge in [-0.1, -0.05) is 36.4 Å². The molecule has 4 rings (SSSR count). The van der Waals surface area contributed by atoms with Crippen molar-refractivity contribution in [2.75, 3.05) is 7.05 Å². The van der Waals surface area contributed by atoms with Gasteiger partial charge in [0.05, 0.1) is 11.8 Å². The van der Waals surface area contributed by atoms with Crippen LogP contribution in [0.25, 0.3) is 0 Å². The van der Waals surface area contributed by atoms with E-state index in [1.807, 2.05) is 30.3 Å². The Hall–Kier alpha value is -2.23. The predicted molar refractivity (Wildman–Crippen MR) is 79.8 cm³/mol. The first-order chi connectivity index (χ1) is 10.6. The fourth-order valence-electron chi connectivity index (χ4n) is 4.25. The minimum absolute atomic E-state index is 0.0689. The highest BCUT2D eigenvalue weighted by molar-refractivity contribution is 6.08. The van der Waals surface area contributed by atoms with Crippen LogP contribution in [0.15, 0.2) is 42.0 Å². The normalized spacial score (nSPS) is 33.8. The number of ketones is 1. The zero-order chi connectivity index (χ0) is 15.4. The molecule has 1 aliphatic heterocycles. The number of allylic oxidation sites excluding steroid dienone is 1. The largest absolute Gasteiger partial charge is 0.295 e. The number of Topliss-reactive ketones (excluding diaryl/α,β-unsaturated/α-hetero) is 1. The second kappa shape index (κ2) is 4.63. The van der Waals surface area contributed by atoms with Crippen molar-refractivity contribution in [2.45, 2.75) is 18.8 Å². The summed E-state index contributed by atoms with van der Waals surface area (Å²) in [5.41, 5.74) is 1.92. The van der Waals surface area contributed by atoms with E-state index in [0.29, 0.717) is 12.8 Å². The molecule has 4 nitrogen and oxygen atoms in total. The summed E-state index contributed by atoms with van der Waals surface area (Å²) in [4.78, 5) is 38.0. The standard InChI is InChI=1S/C18H17NO3/c1-19-17(21)14-7-12-11(10-5-3-2-4-6-10)9-16(20)13(12)8-15(14)18(19)22/h2-6,8,11-12,14-15H,7,9H2,1H3/t11-,12-,14+,15-/m0/s1. The molecular formula is C18H17NO3. The quantitative estimate of drug-likeness (QED) is 0.744. The lowest BCUT2D eigenvalue weighted by Crippen LogP contribution is -2.27. The summed E-state index contributed by atoms with van der Waals surface area (Å²) in [7, 11) is 1.54. The molecule has 0 unspecified atom stereocenters. The van der Waals surface area contributed by atoms with Gasteiger partial charge >= 0.3 is 0 Å². The molecule has 1 heterocycles. The van der Waals surface area contributed by atoms with Crippen LogP contribution in [0.4, 0.5) is 0 Å². The van der Waals surface area contributed by atoms with Crippen LogP contribution in [0.1, 0.15) is 24.3 Å². The third-order valence-corrected chi connectivity index (χ3v) is 5.40. The summed E-state index contributed by atoms with van der Waals surface area (Å²) >= 11 is 0. The molecule has 0 aromatic heterocycles. The fourth-order valence-corrected chi connectivity index (χ4v) is 4.25. The Morgan fingerprint density at radius 2 is 1.68 bits per heavy atom. The van der Waals surface area contributed by atoms with Gasteiger partial charge < -0.3 is 0 Å². The van der Waals surface area contributed by atoms with Crippen molar-refractivity contribution in [3.63, 3.8) is 0 Å². The Kier molecular flexibility index (Phi) is 2.83. The molecule has 0 bridgehead atoms. The van der Waals surface area contributed by atoms with Crippen molar-refractivity contribution in [2.24, 2.45) is 17.8 Å². The summed E-state index contributed by atoms with van der Waals surface area (Å²) in [6, 6.07) is 10.00. The van der Waals surface area contributed by atoms with Crippen LogP contribution in [0.2, 0.25) is 0 Å².